The largest absolute Gasteiger partial charge is 0.310 e. The highest BCUT2D eigenvalue weighted by Gasteiger charge is 2.48. The summed E-state index contributed by atoms with van der Waals surface area (Å²) in [4.78, 5) is 14.1. The average Bonchev–Trinajstić information content (AvgIpc) is 1.61. The molecule has 0 saturated heterocycles. The summed E-state index contributed by atoms with van der Waals surface area (Å²) >= 11 is 0. The molecule has 0 bridgehead atoms. The molecule has 0 atom stereocenters. The molecule has 0 radical (unpaired) electrons. The fourth-order valence-electron chi connectivity index (χ4n) is 14.0. The molecule has 86 heavy (non-hydrogen) atoms. The Morgan fingerprint density at radius 3 is 0.779 bits per heavy atom. The van der Waals surface area contributed by atoms with Crippen LogP contribution in [0.4, 0.5) is 22.7 Å². The SMILES string of the molecule is Cc1ccc(C2(c3ccc(N(c4ccc([N+](=O)[O-])cc4)c4ccc(C5(c6ccc(C)cc6)c6cc(-c7ccccc7)ccc6-c6ccc(-c7ccccc7)cc65)cc4)cc3)c3cc(-c4ccccc4)ccc3-c3ccc(-c4ccccc4)cc32)cc1. The normalized spacial score (nSPS) is 13.0. The average molecular weight is 1100 g/mol. The first-order valence-corrected chi connectivity index (χ1v) is 29.5. The second kappa shape index (κ2) is 21.0. The zero-order valence-corrected chi connectivity index (χ0v) is 47.7. The van der Waals surface area contributed by atoms with Gasteiger partial charge in [-0.2, -0.15) is 0 Å². The van der Waals surface area contributed by atoms with Crippen LogP contribution in [0.2, 0.25) is 0 Å². The molecule has 13 aromatic rings. The standard InChI is InChI=1S/C82H58N2O2/c1-55-23-31-65(32-24-55)81(77-51-61(57-15-7-3-8-16-57)27-47-73(77)74-48-28-62(52-78(74)81)58-17-9-4-10-18-58)67-35-39-69(40-36-67)83(71-43-45-72(46-44-71)84(85)86)70-41-37-68(38-42-70)82(66-33-25-56(2)26-34-66)79-53-63(59-19-11-5-12-20-59)29-49-75(79)76-50-30-64(54-80(76)82)60-21-13-6-14-22-60/h3-54H,1-2H3. The quantitative estimate of drug-likeness (QED) is 0.0905. The Kier molecular flexibility index (Phi) is 12.7. The van der Waals surface area contributed by atoms with Crippen LogP contribution in [-0.4, -0.2) is 4.92 Å². The summed E-state index contributed by atoms with van der Waals surface area (Å²) in [6.07, 6.45) is 0. The number of aryl methyl sites for hydroxylation is 2. The van der Waals surface area contributed by atoms with Crippen molar-refractivity contribution in [3.63, 3.8) is 0 Å². The van der Waals surface area contributed by atoms with Gasteiger partial charge in [0.1, 0.15) is 0 Å². The van der Waals surface area contributed by atoms with Crippen LogP contribution in [0.5, 0.6) is 0 Å². The van der Waals surface area contributed by atoms with Crippen molar-refractivity contribution < 1.29 is 4.92 Å². The molecule has 0 fully saturated rings. The monoisotopic (exact) mass is 1100 g/mol. The molecule has 4 heteroatoms. The number of nitro groups is 1. The Balaban J connectivity index is 0.926. The summed E-state index contributed by atoms with van der Waals surface area (Å²) in [5.41, 5.74) is 27.2. The number of rotatable bonds is 12. The van der Waals surface area contributed by atoms with Crippen molar-refractivity contribution in [2.75, 3.05) is 4.90 Å². The van der Waals surface area contributed by atoms with Gasteiger partial charge in [0.15, 0.2) is 0 Å². The summed E-state index contributed by atoms with van der Waals surface area (Å²) in [5.74, 6) is 0. The van der Waals surface area contributed by atoms with E-state index in [1.807, 2.05) is 12.1 Å². The maximum atomic E-state index is 12.2. The maximum Gasteiger partial charge on any atom is 0.269 e. The van der Waals surface area contributed by atoms with Crippen LogP contribution < -0.4 is 4.90 Å². The molecular formula is C82H58N2O2. The summed E-state index contributed by atoms with van der Waals surface area (Å²) < 4.78 is 0. The van der Waals surface area contributed by atoms with Crippen molar-refractivity contribution in [3.05, 3.63) is 381 Å². The van der Waals surface area contributed by atoms with Crippen molar-refractivity contribution >= 4 is 22.7 Å². The summed E-state index contributed by atoms with van der Waals surface area (Å²) in [6.45, 7) is 4.30. The molecule has 0 spiro atoms. The van der Waals surface area contributed by atoms with E-state index in [9.17, 15) is 10.1 Å². The Hall–Kier alpha value is -10.9. The Labute approximate surface area is 502 Å². The van der Waals surface area contributed by atoms with Crippen LogP contribution in [0.15, 0.2) is 315 Å². The van der Waals surface area contributed by atoms with Gasteiger partial charge in [-0.05, 0) is 186 Å². The van der Waals surface area contributed by atoms with Crippen molar-refractivity contribution in [3.8, 4) is 66.8 Å². The molecule has 13 aromatic carbocycles. The van der Waals surface area contributed by atoms with Crippen molar-refractivity contribution in [2.45, 2.75) is 24.7 Å². The Bertz CT molecular complexity index is 4220. The number of benzene rings is 13. The van der Waals surface area contributed by atoms with Crippen LogP contribution in [-0.2, 0) is 10.8 Å². The van der Waals surface area contributed by atoms with Crippen LogP contribution in [0, 0.1) is 24.0 Å². The van der Waals surface area contributed by atoms with Gasteiger partial charge in [-0.15, -0.1) is 0 Å². The molecular weight excluding hydrogens is 1040 g/mol. The van der Waals surface area contributed by atoms with Gasteiger partial charge in [-0.25, -0.2) is 0 Å². The molecule has 0 N–H and O–H groups in total. The molecule has 0 aromatic heterocycles. The highest BCUT2D eigenvalue weighted by Crippen LogP contribution is 2.60. The number of fused-ring (bicyclic) bond motifs is 6. The second-order valence-electron chi connectivity index (χ2n) is 22.9. The molecule has 0 heterocycles. The fourth-order valence-corrected chi connectivity index (χ4v) is 14.0. The van der Waals surface area contributed by atoms with Crippen LogP contribution in [0.3, 0.4) is 0 Å². The molecule has 15 rings (SSSR count). The Morgan fingerprint density at radius 2 is 0.523 bits per heavy atom. The number of nitrogens with zero attached hydrogens (tertiary/aromatic N) is 2. The van der Waals surface area contributed by atoms with Crippen molar-refractivity contribution in [1.29, 1.82) is 0 Å². The zero-order valence-electron chi connectivity index (χ0n) is 47.7. The third-order valence-electron chi connectivity index (χ3n) is 18.1. The van der Waals surface area contributed by atoms with Gasteiger partial charge in [0.05, 0.1) is 15.8 Å². The first-order valence-electron chi connectivity index (χ1n) is 29.5. The van der Waals surface area contributed by atoms with E-state index in [1.165, 1.54) is 66.8 Å². The minimum absolute atomic E-state index is 0.0334. The highest BCUT2D eigenvalue weighted by molar-refractivity contribution is 5.93. The summed E-state index contributed by atoms with van der Waals surface area (Å²) in [5, 5.41) is 12.2. The molecule has 0 saturated carbocycles. The van der Waals surface area contributed by atoms with Gasteiger partial charge in [0, 0.05) is 29.2 Å². The number of hydrogen-bond acceptors (Lipinski definition) is 3. The minimum Gasteiger partial charge on any atom is -0.310 e. The fraction of sp³-hybridized carbons (Fsp3) is 0.0488. The van der Waals surface area contributed by atoms with Crippen molar-refractivity contribution in [2.24, 2.45) is 0 Å². The topological polar surface area (TPSA) is 46.4 Å². The van der Waals surface area contributed by atoms with E-state index in [0.29, 0.717) is 0 Å². The smallest absolute Gasteiger partial charge is 0.269 e. The van der Waals surface area contributed by atoms with E-state index >= 15 is 0 Å². The first-order chi connectivity index (χ1) is 42.2. The number of hydrogen-bond donors (Lipinski definition) is 0. The van der Waals surface area contributed by atoms with E-state index in [0.717, 1.165) is 72.7 Å². The number of nitro benzene ring substituents is 1. The van der Waals surface area contributed by atoms with Gasteiger partial charge < -0.3 is 4.90 Å². The van der Waals surface area contributed by atoms with Crippen LogP contribution in [0.25, 0.3) is 66.8 Å². The lowest BCUT2D eigenvalue weighted by Crippen LogP contribution is -2.29. The molecule has 0 aliphatic heterocycles. The third-order valence-corrected chi connectivity index (χ3v) is 18.1. The maximum absolute atomic E-state index is 12.2. The lowest BCUT2D eigenvalue weighted by molar-refractivity contribution is -0.384. The van der Waals surface area contributed by atoms with Gasteiger partial charge in [-0.3, -0.25) is 10.1 Å². The molecule has 2 aliphatic rings. The summed E-state index contributed by atoms with van der Waals surface area (Å²) in [6, 6.07) is 114. The molecule has 0 unspecified atom stereocenters. The van der Waals surface area contributed by atoms with Gasteiger partial charge in [-0.1, -0.05) is 254 Å². The van der Waals surface area contributed by atoms with Crippen LogP contribution >= 0.6 is 0 Å². The highest BCUT2D eigenvalue weighted by atomic mass is 16.6. The van der Waals surface area contributed by atoms with E-state index in [-0.39, 0.29) is 10.6 Å². The third kappa shape index (κ3) is 8.52. The lowest BCUT2D eigenvalue weighted by Gasteiger charge is -2.36. The molecule has 0 amide bonds. The predicted molar refractivity (Wildman–Crippen MR) is 354 cm³/mol. The molecule has 4 nitrogen and oxygen atoms in total. The number of anilines is 3. The van der Waals surface area contributed by atoms with E-state index in [4.69, 9.17) is 0 Å². The van der Waals surface area contributed by atoms with E-state index in [2.05, 4.69) is 310 Å². The predicted octanol–water partition coefficient (Wildman–Crippen LogP) is 21.1. The zero-order chi connectivity index (χ0) is 57.9. The van der Waals surface area contributed by atoms with Gasteiger partial charge >= 0.3 is 0 Å². The molecule has 408 valence electrons. The van der Waals surface area contributed by atoms with Gasteiger partial charge in [0.2, 0.25) is 0 Å². The summed E-state index contributed by atoms with van der Waals surface area (Å²) in [7, 11) is 0. The first kappa shape index (κ1) is 51.9. The van der Waals surface area contributed by atoms with E-state index < -0.39 is 10.8 Å². The lowest BCUT2D eigenvalue weighted by atomic mass is 9.67. The number of non-ortho nitro benzene ring substituents is 1. The molecule has 2 aliphatic carbocycles. The van der Waals surface area contributed by atoms with Crippen LogP contribution in [0.1, 0.15) is 55.6 Å². The van der Waals surface area contributed by atoms with Gasteiger partial charge in [0.25, 0.3) is 5.69 Å². The second-order valence-corrected chi connectivity index (χ2v) is 22.9. The van der Waals surface area contributed by atoms with Crippen molar-refractivity contribution in [1.82, 2.24) is 0 Å². The minimum atomic E-state index is -0.717. The Morgan fingerprint density at radius 1 is 0.279 bits per heavy atom. The van der Waals surface area contributed by atoms with E-state index in [1.54, 1.807) is 12.1 Å².